The molecule has 0 spiro atoms. The lowest BCUT2D eigenvalue weighted by atomic mass is 10.2. The van der Waals surface area contributed by atoms with Crippen molar-refractivity contribution in [2.75, 3.05) is 0 Å². The molecular formula is C13H15N3S2. The van der Waals surface area contributed by atoms with Crippen molar-refractivity contribution in [3.05, 3.63) is 45.9 Å². The molecule has 3 aromatic rings. The average Bonchev–Trinajstić information content (AvgIpc) is 3.01. The summed E-state index contributed by atoms with van der Waals surface area (Å²) in [5.41, 5.74) is 1.11. The Morgan fingerprint density at radius 2 is 2.33 bits per heavy atom. The number of fused-ring (bicyclic) bond motifs is 1. The van der Waals surface area contributed by atoms with E-state index in [0.717, 1.165) is 23.6 Å². The second-order valence-corrected chi connectivity index (χ2v) is 6.30. The summed E-state index contributed by atoms with van der Waals surface area (Å²) in [6.07, 6.45) is 5.22. The van der Waals surface area contributed by atoms with E-state index in [4.69, 9.17) is 0 Å². The third kappa shape index (κ3) is 2.63. The van der Waals surface area contributed by atoms with Gasteiger partial charge in [0.2, 0.25) is 0 Å². The molecule has 0 aliphatic rings. The lowest BCUT2D eigenvalue weighted by molar-refractivity contribution is 0.544. The van der Waals surface area contributed by atoms with Crippen LogP contribution in [-0.2, 0) is 13.0 Å². The fourth-order valence-corrected chi connectivity index (χ4v) is 3.50. The largest absolute Gasteiger partial charge is 0.308 e. The number of nitrogens with zero attached hydrogens (tertiary/aromatic N) is 2. The summed E-state index contributed by atoms with van der Waals surface area (Å²) in [4.78, 5) is 7.06. The molecule has 0 fully saturated rings. The van der Waals surface area contributed by atoms with Crippen molar-refractivity contribution in [3.63, 3.8) is 0 Å². The Kier molecular flexibility index (Phi) is 3.45. The number of imidazole rings is 1. The second kappa shape index (κ2) is 5.22. The standard InChI is InChI=1S/C13H15N3S2/c1-10(7-12-3-2-5-17-12)14-8-11-9-16-4-6-18-13(16)15-11/h2-6,9-10,14H,7-8H2,1H3. The Balaban J connectivity index is 1.56. The predicted octanol–water partition coefficient (Wildman–Crippen LogP) is 3.18. The van der Waals surface area contributed by atoms with E-state index in [1.807, 2.05) is 17.5 Å². The Hall–Kier alpha value is -1.17. The maximum atomic E-state index is 4.56. The minimum atomic E-state index is 0.475. The molecule has 0 saturated heterocycles. The van der Waals surface area contributed by atoms with Gasteiger partial charge >= 0.3 is 0 Å². The summed E-state index contributed by atoms with van der Waals surface area (Å²) in [6.45, 7) is 3.05. The van der Waals surface area contributed by atoms with Gasteiger partial charge in [-0.1, -0.05) is 6.07 Å². The van der Waals surface area contributed by atoms with Gasteiger partial charge in [-0.15, -0.1) is 22.7 Å². The highest BCUT2D eigenvalue weighted by atomic mass is 32.1. The minimum Gasteiger partial charge on any atom is -0.308 e. The average molecular weight is 277 g/mol. The van der Waals surface area contributed by atoms with Crippen LogP contribution in [-0.4, -0.2) is 15.4 Å². The third-order valence-corrected chi connectivity index (χ3v) is 4.53. The van der Waals surface area contributed by atoms with Crippen LogP contribution in [0.5, 0.6) is 0 Å². The highest BCUT2D eigenvalue weighted by Crippen LogP contribution is 2.13. The molecular weight excluding hydrogens is 262 g/mol. The van der Waals surface area contributed by atoms with Crippen molar-refractivity contribution in [3.8, 4) is 0 Å². The molecule has 0 radical (unpaired) electrons. The molecule has 5 heteroatoms. The van der Waals surface area contributed by atoms with Crippen LogP contribution in [0.4, 0.5) is 0 Å². The minimum absolute atomic E-state index is 0.475. The van der Waals surface area contributed by atoms with E-state index >= 15 is 0 Å². The first-order valence-corrected chi connectivity index (χ1v) is 7.74. The van der Waals surface area contributed by atoms with Crippen LogP contribution in [0.2, 0.25) is 0 Å². The summed E-state index contributed by atoms with van der Waals surface area (Å²) in [5.74, 6) is 0. The fourth-order valence-electron chi connectivity index (χ4n) is 1.94. The van der Waals surface area contributed by atoms with Crippen LogP contribution in [0.3, 0.4) is 0 Å². The van der Waals surface area contributed by atoms with Crippen LogP contribution in [0.25, 0.3) is 4.96 Å². The number of hydrogen-bond acceptors (Lipinski definition) is 4. The van der Waals surface area contributed by atoms with E-state index in [1.165, 1.54) is 4.88 Å². The predicted molar refractivity (Wildman–Crippen MR) is 77.4 cm³/mol. The molecule has 0 bridgehead atoms. The van der Waals surface area contributed by atoms with Gasteiger partial charge in [0, 0.05) is 35.2 Å². The van der Waals surface area contributed by atoms with Gasteiger partial charge in [0.05, 0.1) is 5.69 Å². The van der Waals surface area contributed by atoms with Crippen molar-refractivity contribution in [2.24, 2.45) is 0 Å². The van der Waals surface area contributed by atoms with Gasteiger partial charge in [-0.05, 0) is 24.8 Å². The van der Waals surface area contributed by atoms with Gasteiger partial charge in [-0.25, -0.2) is 4.98 Å². The number of nitrogens with one attached hydrogen (secondary N) is 1. The zero-order valence-corrected chi connectivity index (χ0v) is 11.8. The molecule has 0 saturated carbocycles. The molecule has 18 heavy (non-hydrogen) atoms. The van der Waals surface area contributed by atoms with Gasteiger partial charge in [0.25, 0.3) is 0 Å². The fraction of sp³-hybridized carbons (Fsp3) is 0.308. The first kappa shape index (κ1) is 11.9. The molecule has 0 aliphatic heterocycles. The van der Waals surface area contributed by atoms with Gasteiger partial charge < -0.3 is 5.32 Å². The van der Waals surface area contributed by atoms with Gasteiger partial charge in [-0.3, -0.25) is 4.40 Å². The molecule has 94 valence electrons. The highest BCUT2D eigenvalue weighted by molar-refractivity contribution is 7.15. The van der Waals surface area contributed by atoms with Gasteiger partial charge in [0.1, 0.15) is 0 Å². The molecule has 3 nitrogen and oxygen atoms in total. The lowest BCUT2D eigenvalue weighted by Crippen LogP contribution is -2.27. The smallest absolute Gasteiger partial charge is 0.193 e. The quantitative estimate of drug-likeness (QED) is 0.776. The first-order chi connectivity index (χ1) is 8.81. The van der Waals surface area contributed by atoms with Crippen molar-refractivity contribution >= 4 is 27.6 Å². The van der Waals surface area contributed by atoms with E-state index in [0.29, 0.717) is 6.04 Å². The molecule has 1 atom stereocenters. The zero-order valence-electron chi connectivity index (χ0n) is 10.2. The Bertz CT molecular complexity index is 581. The van der Waals surface area contributed by atoms with Crippen molar-refractivity contribution in [1.29, 1.82) is 0 Å². The van der Waals surface area contributed by atoms with E-state index in [-0.39, 0.29) is 0 Å². The van der Waals surface area contributed by atoms with Crippen LogP contribution in [0, 0.1) is 0 Å². The molecule has 0 aromatic carbocycles. The molecule has 1 N–H and O–H groups in total. The number of thiazole rings is 1. The van der Waals surface area contributed by atoms with Crippen LogP contribution in [0.15, 0.2) is 35.3 Å². The Labute approximate surface area is 114 Å². The van der Waals surface area contributed by atoms with E-state index in [9.17, 15) is 0 Å². The molecule has 1 unspecified atom stereocenters. The number of aromatic nitrogens is 2. The molecule has 3 aromatic heterocycles. The number of thiophene rings is 1. The van der Waals surface area contributed by atoms with Crippen LogP contribution in [0.1, 0.15) is 17.5 Å². The van der Waals surface area contributed by atoms with Crippen molar-refractivity contribution < 1.29 is 0 Å². The SMILES string of the molecule is CC(Cc1cccs1)NCc1cn2ccsc2n1. The number of rotatable bonds is 5. The molecule has 0 amide bonds. The summed E-state index contributed by atoms with van der Waals surface area (Å²) in [7, 11) is 0. The zero-order chi connectivity index (χ0) is 12.4. The topological polar surface area (TPSA) is 29.3 Å². The Morgan fingerprint density at radius 1 is 1.39 bits per heavy atom. The monoisotopic (exact) mass is 277 g/mol. The second-order valence-electron chi connectivity index (χ2n) is 4.39. The van der Waals surface area contributed by atoms with Gasteiger partial charge in [-0.2, -0.15) is 0 Å². The van der Waals surface area contributed by atoms with Gasteiger partial charge in [0.15, 0.2) is 4.96 Å². The summed E-state index contributed by atoms with van der Waals surface area (Å²) in [5, 5.41) is 7.71. The lowest BCUT2D eigenvalue weighted by Gasteiger charge is -2.11. The maximum Gasteiger partial charge on any atom is 0.193 e. The summed E-state index contributed by atoms with van der Waals surface area (Å²) < 4.78 is 2.08. The normalized spacial score (nSPS) is 13.2. The van der Waals surface area contributed by atoms with E-state index in [2.05, 4.69) is 50.7 Å². The van der Waals surface area contributed by atoms with Crippen LogP contribution < -0.4 is 5.32 Å². The van der Waals surface area contributed by atoms with Crippen LogP contribution >= 0.6 is 22.7 Å². The third-order valence-electron chi connectivity index (χ3n) is 2.86. The van der Waals surface area contributed by atoms with E-state index in [1.54, 1.807) is 11.3 Å². The highest BCUT2D eigenvalue weighted by Gasteiger charge is 2.06. The van der Waals surface area contributed by atoms with Crippen molar-refractivity contribution in [2.45, 2.75) is 25.9 Å². The summed E-state index contributed by atoms with van der Waals surface area (Å²) in [6, 6.07) is 4.77. The molecule has 0 aliphatic carbocycles. The Morgan fingerprint density at radius 3 is 3.11 bits per heavy atom. The number of hydrogen-bond donors (Lipinski definition) is 1. The maximum absolute atomic E-state index is 4.56. The first-order valence-electron chi connectivity index (χ1n) is 5.98. The molecule has 3 rings (SSSR count). The van der Waals surface area contributed by atoms with Crippen molar-refractivity contribution in [1.82, 2.24) is 14.7 Å². The summed E-state index contributed by atoms with van der Waals surface area (Å²) >= 11 is 3.49. The van der Waals surface area contributed by atoms with E-state index < -0.39 is 0 Å². The molecule has 3 heterocycles.